The Bertz CT molecular complexity index is 754. The van der Waals surface area contributed by atoms with E-state index in [1.165, 1.54) is 0 Å². The fourth-order valence-electron chi connectivity index (χ4n) is 1.94. The maximum atomic E-state index is 12.1. The van der Waals surface area contributed by atoms with E-state index in [0.29, 0.717) is 18.0 Å². The van der Waals surface area contributed by atoms with Crippen molar-refractivity contribution in [1.82, 2.24) is 19.6 Å². The van der Waals surface area contributed by atoms with Crippen molar-refractivity contribution in [1.29, 1.82) is 0 Å². The molecule has 0 spiro atoms. The zero-order valence-electron chi connectivity index (χ0n) is 11.8. The molecule has 3 aromatic heterocycles. The van der Waals surface area contributed by atoms with Crippen molar-refractivity contribution in [2.24, 2.45) is 7.05 Å². The van der Waals surface area contributed by atoms with Gasteiger partial charge in [-0.25, -0.2) is 0 Å². The molecule has 1 N–H and O–H groups in total. The maximum Gasteiger partial charge on any atom is 0.291 e. The minimum atomic E-state index is -0.294. The van der Waals surface area contributed by atoms with Crippen LogP contribution in [0.3, 0.4) is 0 Å². The first-order valence-corrected chi connectivity index (χ1v) is 6.49. The van der Waals surface area contributed by atoms with Gasteiger partial charge in [0.25, 0.3) is 5.91 Å². The number of nitrogens with zero attached hydrogens (tertiary/aromatic N) is 4. The second-order valence-electron chi connectivity index (χ2n) is 4.69. The summed E-state index contributed by atoms with van der Waals surface area (Å²) < 4.78 is 8.96. The van der Waals surface area contributed by atoms with Crippen molar-refractivity contribution in [3.63, 3.8) is 0 Å². The third-order valence-electron chi connectivity index (χ3n) is 3.25. The van der Waals surface area contributed by atoms with Crippen LogP contribution in [0.2, 0.25) is 0 Å². The maximum absolute atomic E-state index is 12.1. The normalized spacial score (nSPS) is 10.8. The Hall–Kier alpha value is -2.83. The van der Waals surface area contributed by atoms with Crippen LogP contribution in [0.1, 0.15) is 22.0 Å². The van der Waals surface area contributed by atoms with Crippen molar-refractivity contribution in [2.45, 2.75) is 13.5 Å². The minimum Gasteiger partial charge on any atom is -0.454 e. The van der Waals surface area contributed by atoms with Gasteiger partial charge in [0.15, 0.2) is 5.76 Å². The van der Waals surface area contributed by atoms with Gasteiger partial charge in [-0.05, 0) is 25.1 Å². The Balaban J connectivity index is 1.71. The van der Waals surface area contributed by atoms with E-state index in [2.05, 4.69) is 15.5 Å². The summed E-state index contributed by atoms with van der Waals surface area (Å²) in [4.78, 5) is 12.1. The summed E-state index contributed by atoms with van der Waals surface area (Å²) in [6.45, 7) is 2.38. The molecule has 0 bridgehead atoms. The van der Waals surface area contributed by atoms with Crippen LogP contribution < -0.4 is 5.32 Å². The molecule has 0 aliphatic heterocycles. The topological polar surface area (TPSA) is 77.9 Å². The number of aromatic nitrogens is 4. The van der Waals surface area contributed by atoms with Gasteiger partial charge in [-0.15, -0.1) is 0 Å². The number of amides is 1. The lowest BCUT2D eigenvalue weighted by atomic mass is 10.3. The lowest BCUT2D eigenvalue weighted by Crippen LogP contribution is -2.11. The van der Waals surface area contributed by atoms with Crippen LogP contribution >= 0.6 is 0 Å². The second kappa shape index (κ2) is 5.28. The van der Waals surface area contributed by atoms with E-state index in [-0.39, 0.29) is 11.7 Å². The highest BCUT2D eigenvalue weighted by molar-refractivity contribution is 6.02. The Morgan fingerprint density at radius 3 is 2.90 bits per heavy atom. The highest BCUT2D eigenvalue weighted by atomic mass is 16.4. The smallest absolute Gasteiger partial charge is 0.291 e. The van der Waals surface area contributed by atoms with Crippen LogP contribution in [-0.4, -0.2) is 25.5 Å². The molecule has 3 aromatic rings. The molecule has 0 atom stereocenters. The van der Waals surface area contributed by atoms with E-state index in [1.54, 1.807) is 33.9 Å². The van der Waals surface area contributed by atoms with Gasteiger partial charge in [0, 0.05) is 19.4 Å². The Kier molecular flexibility index (Phi) is 3.31. The summed E-state index contributed by atoms with van der Waals surface area (Å²) in [6.07, 6.45) is 5.14. The van der Waals surface area contributed by atoms with Gasteiger partial charge in [0.1, 0.15) is 5.76 Å². The fraction of sp³-hybridized carbons (Fsp3) is 0.214. The molecule has 0 aromatic carbocycles. The van der Waals surface area contributed by atoms with Crippen molar-refractivity contribution in [3.8, 4) is 0 Å². The summed E-state index contributed by atoms with van der Waals surface area (Å²) in [5.74, 6) is 0.644. The zero-order valence-corrected chi connectivity index (χ0v) is 11.8. The summed E-state index contributed by atoms with van der Waals surface area (Å²) >= 11 is 0. The number of anilines is 1. The minimum absolute atomic E-state index is 0.264. The quantitative estimate of drug-likeness (QED) is 0.793. The molecular formula is C14H15N5O2. The van der Waals surface area contributed by atoms with Crippen molar-refractivity contribution >= 4 is 11.6 Å². The van der Waals surface area contributed by atoms with Crippen LogP contribution in [0.15, 0.2) is 41.2 Å². The molecule has 0 radical (unpaired) electrons. The molecule has 0 unspecified atom stereocenters. The number of nitrogens with one attached hydrogen (secondary N) is 1. The lowest BCUT2D eigenvalue weighted by molar-refractivity contribution is 0.0994. The predicted molar refractivity (Wildman–Crippen MR) is 75.9 cm³/mol. The van der Waals surface area contributed by atoms with E-state index in [4.69, 9.17) is 4.42 Å². The monoisotopic (exact) mass is 285 g/mol. The molecule has 3 rings (SSSR count). The third kappa shape index (κ3) is 2.71. The van der Waals surface area contributed by atoms with E-state index in [9.17, 15) is 4.79 Å². The molecule has 0 fully saturated rings. The van der Waals surface area contributed by atoms with Gasteiger partial charge >= 0.3 is 0 Å². The predicted octanol–water partition coefficient (Wildman–Crippen LogP) is 1.82. The number of hydrogen-bond acceptors (Lipinski definition) is 4. The van der Waals surface area contributed by atoms with Gasteiger partial charge in [-0.1, -0.05) is 0 Å². The molecule has 0 saturated carbocycles. The van der Waals surface area contributed by atoms with Crippen LogP contribution in [-0.2, 0) is 13.6 Å². The lowest BCUT2D eigenvalue weighted by Gasteiger charge is -2.02. The van der Waals surface area contributed by atoms with Gasteiger partial charge in [-0.2, -0.15) is 10.2 Å². The highest BCUT2D eigenvalue weighted by Gasteiger charge is 2.14. The van der Waals surface area contributed by atoms with E-state index < -0.39 is 0 Å². The molecule has 3 heterocycles. The third-order valence-corrected chi connectivity index (χ3v) is 3.25. The highest BCUT2D eigenvalue weighted by Crippen LogP contribution is 2.15. The summed E-state index contributed by atoms with van der Waals surface area (Å²) in [7, 11) is 1.82. The van der Waals surface area contributed by atoms with Crippen LogP contribution in [0.4, 0.5) is 5.69 Å². The molecule has 108 valence electrons. The molecule has 0 saturated heterocycles. The van der Waals surface area contributed by atoms with Crippen LogP contribution in [0, 0.1) is 6.92 Å². The van der Waals surface area contributed by atoms with Gasteiger partial charge in [0.05, 0.1) is 24.1 Å². The standard InChI is InChI=1S/C14H15N5O2/c1-10-12(8-16-18(10)2)17-14(20)13-5-4-11(21-13)9-19-7-3-6-15-19/h3-8H,9H2,1-2H3,(H,17,20). The van der Waals surface area contributed by atoms with Gasteiger partial charge in [0.2, 0.25) is 0 Å². The zero-order chi connectivity index (χ0) is 14.8. The average molecular weight is 285 g/mol. The molecule has 21 heavy (non-hydrogen) atoms. The first-order valence-electron chi connectivity index (χ1n) is 6.49. The van der Waals surface area contributed by atoms with E-state index >= 15 is 0 Å². The summed E-state index contributed by atoms with van der Waals surface area (Å²) in [5.41, 5.74) is 1.55. The van der Waals surface area contributed by atoms with Crippen LogP contribution in [0.25, 0.3) is 0 Å². The fourth-order valence-corrected chi connectivity index (χ4v) is 1.94. The van der Waals surface area contributed by atoms with Gasteiger partial charge in [-0.3, -0.25) is 14.2 Å². The first kappa shape index (κ1) is 13.2. The number of rotatable bonds is 4. The van der Waals surface area contributed by atoms with Crippen molar-refractivity contribution in [3.05, 3.63) is 54.0 Å². The largest absolute Gasteiger partial charge is 0.454 e. The summed E-state index contributed by atoms with van der Waals surface area (Å²) in [6, 6.07) is 5.26. The number of furan rings is 1. The number of carbonyl (C=O) groups is 1. The Morgan fingerprint density at radius 1 is 1.38 bits per heavy atom. The van der Waals surface area contributed by atoms with E-state index in [0.717, 1.165) is 5.69 Å². The molecule has 1 amide bonds. The summed E-state index contributed by atoms with van der Waals surface area (Å²) in [5, 5.41) is 11.0. The number of aryl methyl sites for hydroxylation is 1. The van der Waals surface area contributed by atoms with Crippen LogP contribution in [0.5, 0.6) is 0 Å². The SMILES string of the molecule is Cc1c(NC(=O)c2ccc(Cn3cccn3)o2)cnn1C. The van der Waals surface area contributed by atoms with Gasteiger partial charge < -0.3 is 9.73 Å². The Morgan fingerprint density at radius 2 is 2.24 bits per heavy atom. The molecule has 7 heteroatoms. The van der Waals surface area contributed by atoms with Crippen molar-refractivity contribution in [2.75, 3.05) is 5.32 Å². The molecule has 7 nitrogen and oxygen atoms in total. The van der Waals surface area contributed by atoms with E-state index in [1.807, 2.05) is 26.2 Å². The molecule has 0 aliphatic carbocycles. The first-order chi connectivity index (χ1) is 10.1. The number of carbonyl (C=O) groups excluding carboxylic acids is 1. The van der Waals surface area contributed by atoms with Crippen molar-refractivity contribution < 1.29 is 9.21 Å². The average Bonchev–Trinajstić information content (AvgIpc) is 3.18. The number of hydrogen-bond donors (Lipinski definition) is 1. The molecule has 0 aliphatic rings. The Labute approximate surface area is 121 Å². The molecular weight excluding hydrogens is 270 g/mol. The second-order valence-corrected chi connectivity index (χ2v) is 4.69.